The predicted octanol–water partition coefficient (Wildman–Crippen LogP) is 1.68. The maximum Gasteiger partial charge on any atom is 0.251 e. The van der Waals surface area contributed by atoms with Crippen molar-refractivity contribution in [3.8, 4) is 0 Å². The minimum Gasteiger partial charge on any atom is -0.365 e. The van der Waals surface area contributed by atoms with Crippen molar-refractivity contribution in [1.82, 2.24) is 0 Å². The summed E-state index contributed by atoms with van der Waals surface area (Å²) in [6.45, 7) is 5.28. The average Bonchev–Trinajstić information content (AvgIpc) is 2.40. The molecule has 1 aromatic rings. The predicted molar refractivity (Wildman–Crippen MR) is 61.3 cm³/mol. The highest BCUT2D eigenvalue weighted by Crippen LogP contribution is 2.32. The van der Waals surface area contributed by atoms with Gasteiger partial charge in [0.1, 0.15) is 5.00 Å². The Labute approximate surface area is 92.5 Å². The number of carbonyl (C=O) groups is 2. The minimum absolute atomic E-state index is 0.193. The molecule has 0 aliphatic carbocycles. The standard InChI is InChI=1S/C10H14N2O2S/c1-4-7-5(2)15-10(12-6(3)13)8(7)9(11)14/h4H2,1-3H3,(H2,11,14)(H,12,13). The van der Waals surface area contributed by atoms with E-state index in [1.165, 1.54) is 18.3 Å². The van der Waals surface area contributed by atoms with Gasteiger partial charge in [-0.1, -0.05) is 6.92 Å². The summed E-state index contributed by atoms with van der Waals surface area (Å²) in [5.41, 5.74) is 6.68. The summed E-state index contributed by atoms with van der Waals surface area (Å²) < 4.78 is 0. The maximum absolute atomic E-state index is 11.3. The molecule has 1 heterocycles. The zero-order valence-corrected chi connectivity index (χ0v) is 9.83. The molecule has 1 rings (SSSR count). The Balaban J connectivity index is 3.26. The van der Waals surface area contributed by atoms with E-state index in [0.717, 1.165) is 16.9 Å². The van der Waals surface area contributed by atoms with E-state index in [4.69, 9.17) is 5.73 Å². The first-order valence-electron chi connectivity index (χ1n) is 4.67. The molecule has 15 heavy (non-hydrogen) atoms. The lowest BCUT2D eigenvalue weighted by atomic mass is 10.1. The first-order chi connectivity index (χ1) is 6.97. The number of nitrogens with two attached hydrogens (primary N) is 1. The summed E-state index contributed by atoms with van der Waals surface area (Å²) in [6.07, 6.45) is 0.736. The number of primary amides is 1. The number of amides is 2. The van der Waals surface area contributed by atoms with E-state index in [0.29, 0.717) is 10.6 Å². The largest absolute Gasteiger partial charge is 0.365 e. The van der Waals surface area contributed by atoms with Crippen molar-refractivity contribution >= 4 is 28.2 Å². The Bertz CT molecular complexity index is 410. The van der Waals surface area contributed by atoms with E-state index in [2.05, 4.69) is 5.32 Å². The van der Waals surface area contributed by atoms with Crippen LogP contribution in [0.5, 0.6) is 0 Å². The lowest BCUT2D eigenvalue weighted by Gasteiger charge is -2.02. The number of nitrogens with one attached hydrogen (secondary N) is 1. The molecule has 82 valence electrons. The first kappa shape index (κ1) is 11.7. The Morgan fingerprint density at radius 3 is 2.47 bits per heavy atom. The van der Waals surface area contributed by atoms with Crippen LogP contribution in [-0.4, -0.2) is 11.8 Å². The van der Waals surface area contributed by atoms with Crippen molar-refractivity contribution in [1.29, 1.82) is 0 Å². The molecule has 0 aliphatic heterocycles. The molecule has 0 radical (unpaired) electrons. The van der Waals surface area contributed by atoms with Gasteiger partial charge in [-0.2, -0.15) is 0 Å². The molecule has 0 fully saturated rings. The fourth-order valence-corrected chi connectivity index (χ4v) is 2.71. The summed E-state index contributed by atoms with van der Waals surface area (Å²) >= 11 is 1.39. The van der Waals surface area contributed by atoms with Crippen molar-refractivity contribution < 1.29 is 9.59 Å². The van der Waals surface area contributed by atoms with Crippen LogP contribution in [0.4, 0.5) is 5.00 Å². The van der Waals surface area contributed by atoms with Gasteiger partial charge in [0.05, 0.1) is 5.56 Å². The Hall–Kier alpha value is -1.36. The molecule has 0 spiro atoms. The normalized spacial score (nSPS) is 10.1. The molecule has 5 heteroatoms. The summed E-state index contributed by atoms with van der Waals surface area (Å²) in [5.74, 6) is -0.679. The fourth-order valence-electron chi connectivity index (χ4n) is 1.51. The van der Waals surface area contributed by atoms with Gasteiger partial charge in [0.15, 0.2) is 0 Å². The fraction of sp³-hybridized carbons (Fsp3) is 0.400. The number of rotatable bonds is 3. The van der Waals surface area contributed by atoms with Gasteiger partial charge in [-0.15, -0.1) is 11.3 Å². The first-order valence-corrected chi connectivity index (χ1v) is 5.48. The second kappa shape index (κ2) is 4.44. The summed E-state index contributed by atoms with van der Waals surface area (Å²) in [6, 6.07) is 0. The molecule has 0 bridgehead atoms. The molecule has 0 saturated carbocycles. The third kappa shape index (κ3) is 2.36. The number of anilines is 1. The number of hydrogen-bond donors (Lipinski definition) is 2. The average molecular weight is 226 g/mol. The highest BCUT2D eigenvalue weighted by Gasteiger charge is 2.19. The second-order valence-electron chi connectivity index (χ2n) is 3.24. The quantitative estimate of drug-likeness (QED) is 0.823. The van der Waals surface area contributed by atoms with Crippen LogP contribution in [-0.2, 0) is 11.2 Å². The topological polar surface area (TPSA) is 72.2 Å². The van der Waals surface area contributed by atoms with Gasteiger partial charge in [-0.05, 0) is 18.9 Å². The van der Waals surface area contributed by atoms with E-state index in [9.17, 15) is 9.59 Å². The Morgan fingerprint density at radius 1 is 1.47 bits per heavy atom. The summed E-state index contributed by atoms with van der Waals surface area (Å²) in [5, 5.41) is 3.19. The van der Waals surface area contributed by atoms with Gasteiger partial charge in [-0.25, -0.2) is 0 Å². The number of thiophene rings is 1. The molecule has 2 amide bonds. The van der Waals surface area contributed by atoms with Crippen LogP contribution in [0.2, 0.25) is 0 Å². The van der Waals surface area contributed by atoms with Crippen molar-refractivity contribution in [3.05, 3.63) is 16.0 Å². The lowest BCUT2D eigenvalue weighted by molar-refractivity contribution is -0.114. The zero-order valence-electron chi connectivity index (χ0n) is 9.01. The molecule has 0 aromatic carbocycles. The van der Waals surface area contributed by atoms with Gasteiger partial charge in [0.2, 0.25) is 5.91 Å². The van der Waals surface area contributed by atoms with Crippen LogP contribution in [0, 0.1) is 6.92 Å². The molecule has 0 saturated heterocycles. The Kier molecular flexibility index (Phi) is 3.47. The van der Waals surface area contributed by atoms with Crippen molar-refractivity contribution in [2.24, 2.45) is 5.73 Å². The number of aryl methyl sites for hydroxylation is 1. The van der Waals surface area contributed by atoms with Gasteiger partial charge in [0, 0.05) is 11.8 Å². The van der Waals surface area contributed by atoms with Gasteiger partial charge >= 0.3 is 0 Å². The van der Waals surface area contributed by atoms with E-state index in [-0.39, 0.29) is 5.91 Å². The number of hydrogen-bond acceptors (Lipinski definition) is 3. The second-order valence-corrected chi connectivity index (χ2v) is 4.46. The Morgan fingerprint density at radius 2 is 2.07 bits per heavy atom. The molecule has 0 unspecified atom stereocenters. The summed E-state index contributed by atoms with van der Waals surface area (Å²) in [4.78, 5) is 23.2. The molecular formula is C10H14N2O2S. The van der Waals surface area contributed by atoms with Crippen LogP contribution in [0.15, 0.2) is 0 Å². The molecule has 0 atom stereocenters. The summed E-state index contributed by atoms with van der Waals surface area (Å²) in [7, 11) is 0. The maximum atomic E-state index is 11.3. The molecule has 1 aromatic heterocycles. The third-order valence-electron chi connectivity index (χ3n) is 2.10. The monoisotopic (exact) mass is 226 g/mol. The zero-order chi connectivity index (χ0) is 11.6. The van der Waals surface area contributed by atoms with Gasteiger partial charge < -0.3 is 11.1 Å². The van der Waals surface area contributed by atoms with Crippen molar-refractivity contribution in [2.45, 2.75) is 27.2 Å². The van der Waals surface area contributed by atoms with Gasteiger partial charge in [0.25, 0.3) is 5.91 Å². The SMILES string of the molecule is CCc1c(C)sc(NC(C)=O)c1C(N)=O. The smallest absolute Gasteiger partial charge is 0.251 e. The van der Waals surface area contributed by atoms with Crippen LogP contribution >= 0.6 is 11.3 Å². The molecule has 0 aliphatic rings. The van der Waals surface area contributed by atoms with Crippen molar-refractivity contribution in [3.63, 3.8) is 0 Å². The van der Waals surface area contributed by atoms with Gasteiger partial charge in [-0.3, -0.25) is 9.59 Å². The highest BCUT2D eigenvalue weighted by molar-refractivity contribution is 7.16. The minimum atomic E-state index is -0.486. The van der Waals surface area contributed by atoms with E-state index < -0.39 is 5.91 Å². The van der Waals surface area contributed by atoms with Crippen LogP contribution < -0.4 is 11.1 Å². The molecule has 3 N–H and O–H groups in total. The van der Waals surface area contributed by atoms with Crippen molar-refractivity contribution in [2.75, 3.05) is 5.32 Å². The number of carbonyl (C=O) groups excluding carboxylic acids is 2. The van der Waals surface area contributed by atoms with E-state index in [1.54, 1.807) is 0 Å². The highest BCUT2D eigenvalue weighted by atomic mass is 32.1. The lowest BCUT2D eigenvalue weighted by Crippen LogP contribution is -2.16. The van der Waals surface area contributed by atoms with E-state index >= 15 is 0 Å². The van der Waals surface area contributed by atoms with E-state index in [1.807, 2.05) is 13.8 Å². The molecular weight excluding hydrogens is 212 g/mol. The molecule has 4 nitrogen and oxygen atoms in total. The van der Waals surface area contributed by atoms with Crippen LogP contribution in [0.25, 0.3) is 0 Å². The van der Waals surface area contributed by atoms with Crippen LogP contribution in [0.1, 0.15) is 34.6 Å². The van der Waals surface area contributed by atoms with Crippen LogP contribution in [0.3, 0.4) is 0 Å². The third-order valence-corrected chi connectivity index (χ3v) is 3.16.